The molecule has 0 radical (unpaired) electrons. The van der Waals surface area contributed by atoms with Crippen LogP contribution >= 0.6 is 0 Å². The first-order valence-corrected chi connectivity index (χ1v) is 13.5. The molecule has 0 aliphatic rings. The molecule has 9 nitrogen and oxygen atoms in total. The molecule has 9 heteroatoms. The van der Waals surface area contributed by atoms with Crippen LogP contribution in [0.5, 0.6) is 0 Å². The van der Waals surface area contributed by atoms with E-state index in [0.29, 0.717) is 18.1 Å². The van der Waals surface area contributed by atoms with E-state index in [1.54, 1.807) is 41.5 Å². The highest BCUT2D eigenvalue weighted by Crippen LogP contribution is 2.26. The molecule has 1 heterocycles. The Hall–Kier alpha value is -3.36. The Bertz CT molecular complexity index is 1140. The summed E-state index contributed by atoms with van der Waals surface area (Å²) in [6, 6.07) is 8.44. The molecule has 2 N–H and O–H groups in total. The normalized spacial score (nSPS) is 13.7. The zero-order valence-corrected chi connectivity index (χ0v) is 25.3. The van der Waals surface area contributed by atoms with E-state index in [4.69, 9.17) is 14.5 Å². The molecule has 2 atom stereocenters. The minimum Gasteiger partial charge on any atom is -0.458 e. The molecule has 2 amide bonds. The number of esters is 1. The monoisotopic (exact) mass is 542 g/mol. The van der Waals surface area contributed by atoms with Gasteiger partial charge < -0.3 is 24.7 Å². The highest BCUT2D eigenvalue weighted by molar-refractivity contribution is 5.96. The van der Waals surface area contributed by atoms with Gasteiger partial charge in [0.25, 0.3) is 5.91 Å². The number of rotatable bonds is 9. The van der Waals surface area contributed by atoms with Crippen molar-refractivity contribution in [2.75, 3.05) is 0 Å². The Morgan fingerprint density at radius 3 is 1.92 bits per heavy atom. The van der Waals surface area contributed by atoms with Crippen molar-refractivity contribution >= 4 is 18.0 Å². The molecule has 0 bridgehead atoms. The first kappa shape index (κ1) is 31.9. The summed E-state index contributed by atoms with van der Waals surface area (Å²) in [5.74, 6) is -0.716. The van der Waals surface area contributed by atoms with Gasteiger partial charge >= 0.3 is 12.1 Å². The summed E-state index contributed by atoms with van der Waals surface area (Å²) >= 11 is 0. The number of nitrogens with one attached hydrogen (secondary N) is 2. The Morgan fingerprint density at radius 1 is 0.872 bits per heavy atom. The van der Waals surface area contributed by atoms with Crippen LogP contribution in [0, 0.1) is 18.8 Å². The number of aromatic nitrogens is 2. The minimum atomic E-state index is -0.848. The molecule has 0 saturated carbocycles. The van der Waals surface area contributed by atoms with Gasteiger partial charge in [-0.15, -0.1) is 0 Å². The second-order valence-electron chi connectivity index (χ2n) is 12.6. The summed E-state index contributed by atoms with van der Waals surface area (Å²) in [6.07, 6.45) is -0.566. The molecule has 2 aromatic rings. The van der Waals surface area contributed by atoms with Gasteiger partial charge in [-0.3, -0.25) is 4.79 Å². The van der Waals surface area contributed by atoms with Crippen molar-refractivity contribution in [2.24, 2.45) is 11.8 Å². The maximum Gasteiger partial charge on any atom is 0.408 e. The standard InChI is InChI=1S/C30H46N4O5/c1-18(2)22(33-28(37)39-30(9,10)11)25-31-24(20(5)34(25)17-21-15-13-12-14-16-21)26(35)32-23(19(3)4)27(36)38-29(6,7)8/h12-16,18-19,22-23H,17H2,1-11H3,(H,32,35)(H,33,37)/t22-,23-/m0/s1. The third kappa shape index (κ3) is 9.41. The Labute approximate surface area is 233 Å². The molecular formula is C30H46N4O5. The van der Waals surface area contributed by atoms with Crippen LogP contribution in [0.15, 0.2) is 30.3 Å². The van der Waals surface area contributed by atoms with Gasteiger partial charge in [-0.05, 0) is 65.9 Å². The molecule has 0 aliphatic carbocycles. The summed E-state index contributed by atoms with van der Waals surface area (Å²) in [5, 5.41) is 5.79. The summed E-state index contributed by atoms with van der Waals surface area (Å²) in [6.45, 7) is 20.7. The predicted octanol–water partition coefficient (Wildman–Crippen LogP) is 5.56. The number of nitrogens with zero attached hydrogens (tertiary/aromatic N) is 2. The van der Waals surface area contributed by atoms with Crippen molar-refractivity contribution in [2.45, 2.75) is 106 Å². The average Bonchev–Trinajstić information content (AvgIpc) is 3.09. The highest BCUT2D eigenvalue weighted by atomic mass is 16.6. The maximum atomic E-state index is 13.6. The van der Waals surface area contributed by atoms with Crippen LogP contribution in [-0.4, -0.2) is 44.8 Å². The van der Waals surface area contributed by atoms with Crippen molar-refractivity contribution < 1.29 is 23.9 Å². The van der Waals surface area contributed by atoms with E-state index < -0.39 is 41.3 Å². The van der Waals surface area contributed by atoms with E-state index in [2.05, 4.69) is 10.6 Å². The van der Waals surface area contributed by atoms with Gasteiger partial charge in [0.1, 0.15) is 28.8 Å². The number of hydrogen-bond donors (Lipinski definition) is 2. The predicted molar refractivity (Wildman–Crippen MR) is 151 cm³/mol. The van der Waals surface area contributed by atoms with E-state index in [0.717, 1.165) is 5.56 Å². The largest absolute Gasteiger partial charge is 0.458 e. The molecule has 0 fully saturated rings. The van der Waals surface area contributed by atoms with Crippen LogP contribution < -0.4 is 10.6 Å². The highest BCUT2D eigenvalue weighted by Gasteiger charge is 2.33. The van der Waals surface area contributed by atoms with Crippen molar-refractivity contribution in [3.05, 3.63) is 53.1 Å². The van der Waals surface area contributed by atoms with Crippen LogP contribution in [0.3, 0.4) is 0 Å². The third-order valence-electron chi connectivity index (χ3n) is 5.88. The number of ether oxygens (including phenoxy) is 2. The van der Waals surface area contributed by atoms with E-state index in [-0.39, 0.29) is 17.5 Å². The maximum absolute atomic E-state index is 13.6. The minimum absolute atomic E-state index is 0.0603. The van der Waals surface area contributed by atoms with Crippen LogP contribution in [0.4, 0.5) is 4.79 Å². The van der Waals surface area contributed by atoms with Crippen molar-refractivity contribution in [3.8, 4) is 0 Å². The van der Waals surface area contributed by atoms with E-state index in [9.17, 15) is 14.4 Å². The second kappa shape index (κ2) is 12.7. The molecule has 0 aliphatic heterocycles. The van der Waals surface area contributed by atoms with Crippen LogP contribution in [-0.2, 0) is 20.8 Å². The fraction of sp³-hybridized carbons (Fsp3) is 0.600. The molecule has 2 rings (SSSR count). The molecule has 0 unspecified atom stereocenters. The number of alkyl carbamates (subject to hydrolysis) is 1. The van der Waals surface area contributed by atoms with Gasteiger partial charge in [0.2, 0.25) is 0 Å². The fourth-order valence-electron chi connectivity index (χ4n) is 4.01. The second-order valence-corrected chi connectivity index (χ2v) is 12.6. The van der Waals surface area contributed by atoms with E-state index in [1.807, 2.05) is 69.5 Å². The molecule has 216 valence electrons. The lowest BCUT2D eigenvalue weighted by Crippen LogP contribution is -2.47. The Kier molecular flexibility index (Phi) is 10.3. The lowest BCUT2D eigenvalue weighted by atomic mass is 10.0. The van der Waals surface area contributed by atoms with E-state index >= 15 is 0 Å². The van der Waals surface area contributed by atoms with Gasteiger partial charge in [-0.2, -0.15) is 0 Å². The number of amides is 2. The topological polar surface area (TPSA) is 112 Å². The SMILES string of the molecule is Cc1c(C(=O)N[C@H](C(=O)OC(C)(C)C)C(C)C)nc([C@@H](NC(=O)OC(C)(C)C)C(C)C)n1Cc1ccccc1. The third-order valence-corrected chi connectivity index (χ3v) is 5.88. The zero-order valence-electron chi connectivity index (χ0n) is 25.3. The van der Waals surface area contributed by atoms with Crippen molar-refractivity contribution in [1.29, 1.82) is 0 Å². The molecule has 0 spiro atoms. The summed E-state index contributed by atoms with van der Waals surface area (Å²) < 4.78 is 13.0. The first-order valence-electron chi connectivity index (χ1n) is 13.5. The lowest BCUT2D eigenvalue weighted by molar-refractivity contribution is -0.158. The lowest BCUT2D eigenvalue weighted by Gasteiger charge is -2.26. The summed E-state index contributed by atoms with van der Waals surface area (Å²) in [5.41, 5.74) is 0.466. The average molecular weight is 543 g/mol. The molecule has 0 saturated heterocycles. The molecule has 1 aromatic heterocycles. The van der Waals surface area contributed by atoms with Crippen LogP contribution in [0.25, 0.3) is 0 Å². The smallest absolute Gasteiger partial charge is 0.408 e. The first-order chi connectivity index (χ1) is 17.9. The molecule has 1 aromatic carbocycles. The molecular weight excluding hydrogens is 496 g/mol. The van der Waals surface area contributed by atoms with Crippen molar-refractivity contribution in [1.82, 2.24) is 20.2 Å². The number of hydrogen-bond acceptors (Lipinski definition) is 6. The van der Waals surface area contributed by atoms with Gasteiger partial charge in [0, 0.05) is 12.2 Å². The van der Waals surface area contributed by atoms with E-state index in [1.165, 1.54) is 0 Å². The number of carbonyl (C=O) groups excluding carboxylic acids is 3. The van der Waals surface area contributed by atoms with Gasteiger partial charge in [-0.25, -0.2) is 14.6 Å². The van der Waals surface area contributed by atoms with Crippen molar-refractivity contribution in [3.63, 3.8) is 0 Å². The summed E-state index contributed by atoms with van der Waals surface area (Å²) in [4.78, 5) is 43.9. The molecule has 39 heavy (non-hydrogen) atoms. The Balaban J connectivity index is 2.52. The summed E-state index contributed by atoms with van der Waals surface area (Å²) in [7, 11) is 0. The Morgan fingerprint density at radius 2 is 1.44 bits per heavy atom. The zero-order chi connectivity index (χ0) is 29.7. The quantitative estimate of drug-likeness (QED) is 0.402. The van der Waals surface area contributed by atoms with Gasteiger partial charge in [0.05, 0.1) is 6.04 Å². The number of benzene rings is 1. The number of carbonyl (C=O) groups is 3. The van der Waals surface area contributed by atoms with Gasteiger partial charge in [-0.1, -0.05) is 58.0 Å². The van der Waals surface area contributed by atoms with Crippen LogP contribution in [0.1, 0.15) is 103 Å². The fourth-order valence-corrected chi connectivity index (χ4v) is 4.01. The van der Waals surface area contributed by atoms with Gasteiger partial charge in [0.15, 0.2) is 0 Å². The van der Waals surface area contributed by atoms with Crippen LogP contribution in [0.2, 0.25) is 0 Å². The number of imidazole rings is 1.